The van der Waals surface area contributed by atoms with Gasteiger partial charge in [-0.15, -0.1) is 5.10 Å². The number of halogens is 1. The van der Waals surface area contributed by atoms with Crippen LogP contribution >= 0.6 is 0 Å². The minimum absolute atomic E-state index is 0.00514. The van der Waals surface area contributed by atoms with Crippen LogP contribution in [0.1, 0.15) is 36.5 Å². The second-order valence-electron chi connectivity index (χ2n) is 11.9. The first kappa shape index (κ1) is 36.7. The summed E-state index contributed by atoms with van der Waals surface area (Å²) in [5.41, 5.74) is 1.42. The van der Waals surface area contributed by atoms with E-state index in [9.17, 15) is 23.6 Å². The van der Waals surface area contributed by atoms with Crippen molar-refractivity contribution in [3.05, 3.63) is 84.0 Å². The van der Waals surface area contributed by atoms with E-state index < -0.39 is 11.9 Å². The number of piperidine rings is 1. The van der Waals surface area contributed by atoms with Gasteiger partial charge in [-0.1, -0.05) is 37.3 Å². The van der Waals surface area contributed by atoms with Gasteiger partial charge in [0.25, 0.3) is 5.91 Å². The van der Waals surface area contributed by atoms with Gasteiger partial charge in [-0.25, -0.2) is 18.7 Å². The highest BCUT2D eigenvalue weighted by molar-refractivity contribution is 5.94. The molecule has 0 radical (unpaired) electrons. The van der Waals surface area contributed by atoms with Crippen molar-refractivity contribution in [1.29, 1.82) is 0 Å². The molecule has 49 heavy (non-hydrogen) atoms. The predicted octanol–water partition coefficient (Wildman–Crippen LogP) is 2.63. The second-order valence-corrected chi connectivity index (χ2v) is 11.9. The van der Waals surface area contributed by atoms with Crippen LogP contribution < -0.4 is 10.1 Å². The number of nitrogens with one attached hydrogen (secondary N) is 1. The van der Waals surface area contributed by atoms with Crippen molar-refractivity contribution in [2.45, 2.75) is 32.9 Å². The quantitative estimate of drug-likeness (QED) is 0.254. The van der Waals surface area contributed by atoms with Crippen molar-refractivity contribution in [2.24, 2.45) is 11.8 Å². The van der Waals surface area contributed by atoms with E-state index in [1.807, 2.05) is 40.1 Å². The van der Waals surface area contributed by atoms with Gasteiger partial charge in [0.05, 0.1) is 24.8 Å². The van der Waals surface area contributed by atoms with E-state index >= 15 is 0 Å². The molecule has 262 valence electrons. The number of carbonyl (C=O) groups is 4. The molecule has 1 aromatic heterocycles. The molecule has 0 bridgehead atoms. The number of morpholine rings is 1. The number of amides is 2. The Balaban J connectivity index is 0.000000603. The number of aromatic nitrogens is 3. The van der Waals surface area contributed by atoms with Crippen LogP contribution in [0.5, 0.6) is 5.75 Å². The number of carbonyl (C=O) groups excluding carboxylic acids is 2. The van der Waals surface area contributed by atoms with E-state index in [-0.39, 0.29) is 47.8 Å². The molecule has 3 N–H and O–H groups in total. The number of hydrogen-bond acceptors (Lipinski definition) is 9. The van der Waals surface area contributed by atoms with Crippen LogP contribution in [0.4, 0.5) is 4.39 Å². The van der Waals surface area contributed by atoms with Crippen LogP contribution in [-0.2, 0) is 25.7 Å². The number of para-hydroxylation sites is 1. The molecule has 2 saturated heterocycles. The van der Waals surface area contributed by atoms with Gasteiger partial charge in [0.2, 0.25) is 5.91 Å². The van der Waals surface area contributed by atoms with Crippen molar-refractivity contribution >= 4 is 23.8 Å². The van der Waals surface area contributed by atoms with Gasteiger partial charge in [-0.3, -0.25) is 9.59 Å². The van der Waals surface area contributed by atoms with Gasteiger partial charge >= 0.3 is 11.9 Å². The molecule has 2 amide bonds. The Morgan fingerprint density at radius 1 is 1.02 bits per heavy atom. The number of rotatable bonds is 11. The van der Waals surface area contributed by atoms with Crippen LogP contribution in [0.25, 0.3) is 5.69 Å². The zero-order chi connectivity index (χ0) is 35.3. The lowest BCUT2D eigenvalue weighted by molar-refractivity contribution is -0.140. The normalized spacial score (nSPS) is 17.7. The molecule has 2 atom stereocenters. The molecule has 3 heterocycles. The summed E-state index contributed by atoms with van der Waals surface area (Å²) >= 11 is 0. The summed E-state index contributed by atoms with van der Waals surface area (Å²) in [6.45, 7) is 8.07. The first-order chi connectivity index (χ1) is 23.5. The molecule has 2 aromatic carbocycles. The van der Waals surface area contributed by atoms with E-state index in [0.29, 0.717) is 76.0 Å². The summed E-state index contributed by atoms with van der Waals surface area (Å²) in [6.07, 6.45) is 1.68. The van der Waals surface area contributed by atoms with E-state index in [1.54, 1.807) is 4.68 Å². The monoisotopic (exact) mass is 680 g/mol. The largest absolute Gasteiger partial charge is 0.487 e. The summed E-state index contributed by atoms with van der Waals surface area (Å²) in [7, 11) is 0. The summed E-state index contributed by atoms with van der Waals surface area (Å²) in [5.74, 6) is -2.60. The van der Waals surface area contributed by atoms with Crippen LogP contribution in [0.15, 0.2) is 66.7 Å². The Kier molecular flexibility index (Phi) is 13.4. The Morgan fingerprint density at radius 2 is 1.67 bits per heavy atom. The highest BCUT2D eigenvalue weighted by Gasteiger charge is 2.37. The van der Waals surface area contributed by atoms with Gasteiger partial charge < -0.3 is 34.8 Å². The number of ether oxygens (including phenoxy) is 2. The minimum atomic E-state index is -1.26. The molecule has 2 aliphatic heterocycles. The van der Waals surface area contributed by atoms with Crippen LogP contribution in [-0.4, -0.2) is 111 Å². The molecule has 14 nitrogen and oxygen atoms in total. The number of carboxylic acid groups (broad SMARTS) is 2. The molecule has 0 saturated carbocycles. The molecule has 15 heteroatoms. The lowest BCUT2D eigenvalue weighted by Crippen LogP contribution is -2.56. The third kappa shape index (κ3) is 10.7. The number of benzene rings is 2. The van der Waals surface area contributed by atoms with E-state index in [0.717, 1.165) is 5.69 Å². The summed E-state index contributed by atoms with van der Waals surface area (Å²) in [6, 6.07) is 15.0. The molecular formula is C34H41FN6O8. The molecule has 0 aliphatic carbocycles. The SMILES string of the molecule is CC(C)CN(C(=O)c1nnn(-c2ccccc2)c1COc1ccc(F)cc1)[C@@H]1CNC[C@H](C(=O)N2CCOCC2)C1.O=C(O)C=CC(=O)O. The number of hydrogen-bond donors (Lipinski definition) is 3. The second kappa shape index (κ2) is 17.8. The lowest BCUT2D eigenvalue weighted by Gasteiger charge is -2.40. The molecular weight excluding hydrogens is 639 g/mol. The first-order valence-corrected chi connectivity index (χ1v) is 15.9. The van der Waals surface area contributed by atoms with Gasteiger partial charge in [0.15, 0.2) is 5.69 Å². The van der Waals surface area contributed by atoms with E-state index in [2.05, 4.69) is 29.5 Å². The Morgan fingerprint density at radius 3 is 2.29 bits per heavy atom. The summed E-state index contributed by atoms with van der Waals surface area (Å²) in [4.78, 5) is 50.3. The van der Waals surface area contributed by atoms with Crippen molar-refractivity contribution in [3.63, 3.8) is 0 Å². The number of aliphatic carboxylic acids is 2. The third-order valence-electron chi connectivity index (χ3n) is 7.79. The molecule has 2 fully saturated rings. The van der Waals surface area contributed by atoms with Gasteiger partial charge in [-0.2, -0.15) is 0 Å². The molecule has 5 rings (SSSR count). The zero-order valence-corrected chi connectivity index (χ0v) is 27.4. The van der Waals surface area contributed by atoms with Gasteiger partial charge in [0, 0.05) is 50.9 Å². The Bertz CT molecular complexity index is 1580. The van der Waals surface area contributed by atoms with Crippen molar-refractivity contribution in [1.82, 2.24) is 30.1 Å². The smallest absolute Gasteiger partial charge is 0.328 e. The van der Waals surface area contributed by atoms with Crippen LogP contribution in [0.3, 0.4) is 0 Å². The van der Waals surface area contributed by atoms with Crippen LogP contribution in [0.2, 0.25) is 0 Å². The van der Waals surface area contributed by atoms with Crippen molar-refractivity contribution in [2.75, 3.05) is 45.9 Å². The first-order valence-electron chi connectivity index (χ1n) is 15.9. The highest BCUT2D eigenvalue weighted by atomic mass is 19.1. The summed E-state index contributed by atoms with van der Waals surface area (Å²) < 4.78 is 26.4. The highest BCUT2D eigenvalue weighted by Crippen LogP contribution is 2.24. The lowest BCUT2D eigenvalue weighted by atomic mass is 9.92. The minimum Gasteiger partial charge on any atom is -0.487 e. The van der Waals surface area contributed by atoms with Crippen LogP contribution in [0, 0.1) is 17.7 Å². The fraction of sp³-hybridized carbons (Fsp3) is 0.412. The maximum Gasteiger partial charge on any atom is 0.328 e. The Hall–Kier alpha value is -5.15. The molecule has 0 unspecified atom stereocenters. The summed E-state index contributed by atoms with van der Waals surface area (Å²) in [5, 5.41) is 27.7. The fourth-order valence-corrected chi connectivity index (χ4v) is 5.51. The van der Waals surface area contributed by atoms with E-state index in [4.69, 9.17) is 19.7 Å². The number of nitrogens with zero attached hydrogens (tertiary/aromatic N) is 5. The number of carboxylic acids is 2. The maximum absolute atomic E-state index is 14.2. The van der Waals surface area contributed by atoms with E-state index in [1.165, 1.54) is 24.3 Å². The maximum atomic E-state index is 14.2. The van der Waals surface area contributed by atoms with Crippen molar-refractivity contribution < 1.29 is 43.3 Å². The van der Waals surface area contributed by atoms with Crippen molar-refractivity contribution in [3.8, 4) is 11.4 Å². The predicted molar refractivity (Wildman–Crippen MR) is 175 cm³/mol. The standard InChI is InChI=1S/C30H37FN6O4.C4H4O4/c1-21(2)19-36(25-16-22(17-32-18-25)29(38)35-12-14-40-15-13-35)30(39)28-27(20-41-26-10-8-23(31)9-11-26)37(34-33-28)24-6-4-3-5-7-24;5-3(6)1-2-4(7)8/h3-11,21-22,25,32H,12-20H2,1-2H3;1-2H,(H,5,6)(H,7,8)/t22-,25+;/m1./s1. The molecule has 3 aromatic rings. The fourth-order valence-electron chi connectivity index (χ4n) is 5.51. The molecule has 2 aliphatic rings. The topological polar surface area (TPSA) is 176 Å². The Labute approximate surface area is 283 Å². The van der Waals surface area contributed by atoms with Gasteiger partial charge in [0.1, 0.15) is 23.9 Å². The van der Waals surface area contributed by atoms with Gasteiger partial charge in [-0.05, 0) is 48.7 Å². The molecule has 0 spiro atoms. The third-order valence-corrected chi connectivity index (χ3v) is 7.79. The average Bonchev–Trinajstić information content (AvgIpc) is 3.54. The average molecular weight is 681 g/mol. The zero-order valence-electron chi connectivity index (χ0n) is 27.4.